The van der Waals surface area contributed by atoms with E-state index in [1.165, 1.54) is 51.6 Å². The van der Waals surface area contributed by atoms with E-state index in [0.717, 1.165) is 16.0 Å². The minimum atomic E-state index is -4.75. The first-order valence-electron chi connectivity index (χ1n) is 11.8. The van der Waals surface area contributed by atoms with Crippen LogP contribution in [-0.2, 0) is 15.4 Å². The van der Waals surface area contributed by atoms with Crippen molar-refractivity contribution in [2.45, 2.75) is 31.0 Å². The third-order valence-electron chi connectivity index (χ3n) is 5.45. The molecule has 0 amide bonds. The van der Waals surface area contributed by atoms with Gasteiger partial charge in [0.15, 0.2) is 6.61 Å². The van der Waals surface area contributed by atoms with Crippen LogP contribution in [0.2, 0.25) is 0 Å². The summed E-state index contributed by atoms with van der Waals surface area (Å²) in [5.74, 6) is 0.114. The van der Waals surface area contributed by atoms with Crippen LogP contribution in [-0.4, -0.2) is 39.9 Å². The molecule has 4 aromatic rings. The van der Waals surface area contributed by atoms with Crippen molar-refractivity contribution in [1.82, 2.24) is 14.3 Å². The Kier molecular flexibility index (Phi) is 8.65. The molecule has 0 spiro atoms. The lowest BCUT2D eigenvalue weighted by Crippen LogP contribution is -2.23. The van der Waals surface area contributed by atoms with E-state index < -0.39 is 12.3 Å². The molecule has 0 saturated carbocycles. The molecule has 8 nitrogen and oxygen atoms in total. The van der Waals surface area contributed by atoms with E-state index in [1.807, 2.05) is 19.1 Å². The lowest BCUT2D eigenvalue weighted by atomic mass is 10.1. The van der Waals surface area contributed by atoms with E-state index in [0.29, 0.717) is 23.6 Å². The molecular formula is C27H24F3N3O5S. The highest BCUT2D eigenvalue weighted by atomic mass is 32.2. The molecule has 0 fully saturated rings. The zero-order chi connectivity index (χ0) is 28.0. The van der Waals surface area contributed by atoms with Crippen LogP contribution in [0.4, 0.5) is 13.2 Å². The van der Waals surface area contributed by atoms with Crippen LogP contribution in [0.3, 0.4) is 0 Å². The second-order valence-corrected chi connectivity index (χ2v) is 9.21. The van der Waals surface area contributed by atoms with E-state index in [1.54, 1.807) is 37.3 Å². The number of carbonyl (C=O) groups excluding carboxylic acids is 1. The molecular weight excluding hydrogens is 535 g/mol. The maximum absolute atomic E-state index is 12.9. The SMILES string of the molecule is CCOC(=O)COc1ccc(SCn2ncn(-c3ccc(-c4ccc(OC(F)(F)F)cc4)cc3)c2=O)cc1C. The number of hydrogen-bond acceptors (Lipinski definition) is 7. The number of hydrogen-bond donors (Lipinski definition) is 0. The molecule has 0 bridgehead atoms. The zero-order valence-electron chi connectivity index (χ0n) is 21.0. The summed E-state index contributed by atoms with van der Waals surface area (Å²) in [4.78, 5) is 25.3. The molecule has 0 saturated heterocycles. The van der Waals surface area contributed by atoms with Gasteiger partial charge in [0, 0.05) is 4.90 Å². The molecule has 0 aliphatic heterocycles. The van der Waals surface area contributed by atoms with Crippen molar-refractivity contribution >= 4 is 17.7 Å². The van der Waals surface area contributed by atoms with Crippen LogP contribution in [0.1, 0.15) is 12.5 Å². The average Bonchev–Trinajstić information content (AvgIpc) is 3.27. The summed E-state index contributed by atoms with van der Waals surface area (Å²) in [5, 5.41) is 4.20. The van der Waals surface area contributed by atoms with Crippen molar-refractivity contribution in [3.8, 4) is 28.3 Å². The van der Waals surface area contributed by atoms with E-state index in [4.69, 9.17) is 9.47 Å². The third kappa shape index (κ3) is 7.44. The van der Waals surface area contributed by atoms with Gasteiger partial charge in [0.05, 0.1) is 18.2 Å². The van der Waals surface area contributed by atoms with Crippen LogP contribution < -0.4 is 15.2 Å². The van der Waals surface area contributed by atoms with Gasteiger partial charge in [-0.3, -0.25) is 0 Å². The van der Waals surface area contributed by atoms with Crippen molar-refractivity contribution in [1.29, 1.82) is 0 Å². The van der Waals surface area contributed by atoms with E-state index in [9.17, 15) is 22.8 Å². The Bertz CT molecular complexity index is 1480. The van der Waals surface area contributed by atoms with Crippen LogP contribution in [0.5, 0.6) is 11.5 Å². The van der Waals surface area contributed by atoms with Gasteiger partial charge in [-0.05, 0) is 73.0 Å². The monoisotopic (exact) mass is 559 g/mol. The van der Waals surface area contributed by atoms with Gasteiger partial charge in [0.1, 0.15) is 17.8 Å². The Balaban J connectivity index is 1.38. The predicted octanol–water partition coefficient (Wildman–Crippen LogP) is 5.60. The molecule has 0 unspecified atom stereocenters. The molecule has 204 valence electrons. The molecule has 0 atom stereocenters. The van der Waals surface area contributed by atoms with Crippen LogP contribution >= 0.6 is 11.8 Å². The molecule has 1 heterocycles. The number of aromatic nitrogens is 3. The largest absolute Gasteiger partial charge is 0.573 e. The Morgan fingerprint density at radius 1 is 1.00 bits per heavy atom. The van der Waals surface area contributed by atoms with Gasteiger partial charge in [-0.2, -0.15) is 5.10 Å². The number of thioether (sulfide) groups is 1. The quantitative estimate of drug-likeness (QED) is 0.185. The van der Waals surface area contributed by atoms with Gasteiger partial charge in [-0.25, -0.2) is 18.8 Å². The number of halogens is 3. The maximum atomic E-state index is 12.9. The number of aryl methyl sites for hydroxylation is 1. The number of nitrogens with zero attached hydrogens (tertiary/aromatic N) is 3. The second kappa shape index (κ2) is 12.1. The van der Waals surface area contributed by atoms with Crippen molar-refractivity contribution in [3.05, 3.63) is 89.1 Å². The molecule has 39 heavy (non-hydrogen) atoms. The lowest BCUT2D eigenvalue weighted by Gasteiger charge is -2.10. The molecule has 3 aromatic carbocycles. The molecule has 0 radical (unpaired) electrons. The minimum absolute atomic E-state index is 0.168. The molecule has 0 N–H and O–H groups in total. The number of benzene rings is 3. The lowest BCUT2D eigenvalue weighted by molar-refractivity contribution is -0.274. The van der Waals surface area contributed by atoms with Crippen molar-refractivity contribution in [3.63, 3.8) is 0 Å². The summed E-state index contributed by atoms with van der Waals surface area (Å²) in [6.07, 6.45) is -3.32. The standard InChI is InChI=1S/C27H24F3N3O5S/c1-3-36-25(34)15-37-24-13-12-23(14-18(24)2)39-17-33-26(35)32(16-31-33)21-8-4-19(5-9-21)20-6-10-22(11-7-20)38-27(28,29)30/h4-14,16H,3,15,17H2,1-2H3. The van der Waals surface area contributed by atoms with Gasteiger partial charge in [0.2, 0.25) is 0 Å². The predicted molar refractivity (Wildman–Crippen MR) is 139 cm³/mol. The topological polar surface area (TPSA) is 84.6 Å². The molecule has 1 aromatic heterocycles. The fourth-order valence-electron chi connectivity index (χ4n) is 3.61. The molecule has 0 aliphatic carbocycles. The fourth-order valence-corrected chi connectivity index (χ4v) is 4.49. The van der Waals surface area contributed by atoms with Gasteiger partial charge in [-0.15, -0.1) is 24.9 Å². The summed E-state index contributed by atoms with van der Waals surface area (Å²) in [6, 6.07) is 18.0. The van der Waals surface area contributed by atoms with Gasteiger partial charge < -0.3 is 14.2 Å². The number of ether oxygens (including phenoxy) is 3. The summed E-state index contributed by atoms with van der Waals surface area (Å²) in [7, 11) is 0. The van der Waals surface area contributed by atoms with Crippen molar-refractivity contribution in [2.75, 3.05) is 13.2 Å². The normalized spacial score (nSPS) is 11.3. The molecule has 4 rings (SSSR count). The molecule has 12 heteroatoms. The van der Waals surface area contributed by atoms with Gasteiger partial charge in [-0.1, -0.05) is 24.3 Å². The van der Waals surface area contributed by atoms with E-state index in [2.05, 4.69) is 9.84 Å². The third-order valence-corrected chi connectivity index (χ3v) is 6.41. The highest BCUT2D eigenvalue weighted by Crippen LogP contribution is 2.28. The Labute approximate surface area is 225 Å². The summed E-state index contributed by atoms with van der Waals surface area (Å²) < 4.78 is 54.1. The van der Waals surface area contributed by atoms with Crippen molar-refractivity contribution < 1.29 is 32.2 Å². The van der Waals surface area contributed by atoms with Crippen LogP contribution in [0.15, 0.2) is 82.7 Å². The number of alkyl halides is 3. The Morgan fingerprint density at radius 2 is 1.67 bits per heavy atom. The number of rotatable bonds is 10. The highest BCUT2D eigenvalue weighted by Gasteiger charge is 2.31. The number of carbonyl (C=O) groups is 1. The van der Waals surface area contributed by atoms with Gasteiger partial charge in [0.25, 0.3) is 0 Å². The smallest absolute Gasteiger partial charge is 0.482 e. The minimum Gasteiger partial charge on any atom is -0.482 e. The first-order chi connectivity index (χ1) is 18.6. The highest BCUT2D eigenvalue weighted by molar-refractivity contribution is 7.98. The summed E-state index contributed by atoms with van der Waals surface area (Å²) >= 11 is 1.42. The van der Waals surface area contributed by atoms with Crippen molar-refractivity contribution in [2.24, 2.45) is 0 Å². The fraction of sp³-hybridized carbons (Fsp3) is 0.222. The molecule has 0 aliphatic rings. The second-order valence-electron chi connectivity index (χ2n) is 8.20. The van der Waals surface area contributed by atoms with Crippen LogP contribution in [0.25, 0.3) is 16.8 Å². The first kappa shape index (κ1) is 27.8. The van der Waals surface area contributed by atoms with Gasteiger partial charge >= 0.3 is 18.0 Å². The number of esters is 1. The summed E-state index contributed by atoms with van der Waals surface area (Å²) in [6.45, 7) is 3.71. The summed E-state index contributed by atoms with van der Waals surface area (Å²) in [5.41, 5.74) is 2.57. The van der Waals surface area contributed by atoms with E-state index in [-0.39, 0.29) is 23.9 Å². The first-order valence-corrected chi connectivity index (χ1v) is 12.7. The Morgan fingerprint density at radius 3 is 2.28 bits per heavy atom. The average molecular weight is 560 g/mol. The Hall–Kier alpha value is -4.19. The maximum Gasteiger partial charge on any atom is 0.573 e. The van der Waals surface area contributed by atoms with E-state index >= 15 is 0 Å². The van der Waals surface area contributed by atoms with Crippen LogP contribution in [0, 0.1) is 6.92 Å². The zero-order valence-corrected chi connectivity index (χ0v) is 21.8.